The van der Waals surface area contributed by atoms with Crippen LogP contribution in [0.3, 0.4) is 0 Å². The van der Waals surface area contributed by atoms with Gasteiger partial charge in [-0.15, -0.1) is 4.80 Å². The maximum atomic E-state index is 5.89. The van der Waals surface area contributed by atoms with E-state index in [-0.39, 0.29) is 0 Å². The van der Waals surface area contributed by atoms with Crippen molar-refractivity contribution in [1.29, 1.82) is 0 Å². The Kier molecular flexibility index (Phi) is 5.48. The molecule has 3 aromatic rings. The van der Waals surface area contributed by atoms with E-state index in [9.17, 15) is 0 Å². The summed E-state index contributed by atoms with van der Waals surface area (Å²) in [6.45, 7) is 3.06. The Morgan fingerprint density at radius 3 is 2.47 bits per heavy atom. The van der Waals surface area contributed by atoms with Gasteiger partial charge in [-0.3, -0.25) is 0 Å². The minimum Gasteiger partial charge on any atom is -0.384 e. The van der Waals surface area contributed by atoms with Crippen LogP contribution in [-0.4, -0.2) is 49.6 Å². The molecular formula is C21H25ClN8. The minimum absolute atomic E-state index is 0.588. The van der Waals surface area contributed by atoms with E-state index in [1.54, 1.807) is 24.8 Å². The molecule has 2 fully saturated rings. The van der Waals surface area contributed by atoms with Gasteiger partial charge < -0.3 is 10.2 Å². The SMILES string of the molecule is Clc1cnc(N2CCC([C@H]3C[C@H]3CCNc3ccc(-n4nccn4)nc3)CC2)nc1. The maximum absolute atomic E-state index is 5.89. The third-order valence-corrected chi connectivity index (χ3v) is 6.42. The summed E-state index contributed by atoms with van der Waals surface area (Å²) in [6, 6.07) is 3.96. The molecule has 0 unspecified atom stereocenters. The third-order valence-electron chi connectivity index (χ3n) is 6.23. The molecule has 8 nitrogen and oxygen atoms in total. The number of piperidine rings is 1. The van der Waals surface area contributed by atoms with Crippen LogP contribution in [0.5, 0.6) is 0 Å². The number of hydrogen-bond acceptors (Lipinski definition) is 7. The number of nitrogens with one attached hydrogen (secondary N) is 1. The van der Waals surface area contributed by atoms with Gasteiger partial charge in [0.25, 0.3) is 0 Å². The van der Waals surface area contributed by atoms with E-state index in [1.807, 2.05) is 18.3 Å². The first kappa shape index (κ1) is 19.2. The number of halogens is 1. The van der Waals surface area contributed by atoms with Gasteiger partial charge in [0.1, 0.15) is 0 Å². The first-order valence-corrected chi connectivity index (χ1v) is 10.9. The van der Waals surface area contributed by atoms with Crippen molar-refractivity contribution in [2.45, 2.75) is 25.7 Å². The van der Waals surface area contributed by atoms with E-state index in [0.29, 0.717) is 5.02 Å². The summed E-state index contributed by atoms with van der Waals surface area (Å²) >= 11 is 5.89. The molecule has 0 radical (unpaired) electrons. The maximum Gasteiger partial charge on any atom is 0.225 e. The molecule has 0 aromatic carbocycles. The van der Waals surface area contributed by atoms with Gasteiger partial charge in [-0.1, -0.05) is 11.6 Å². The summed E-state index contributed by atoms with van der Waals surface area (Å²) in [7, 11) is 0. The van der Waals surface area contributed by atoms with Gasteiger partial charge in [-0.2, -0.15) is 10.2 Å². The zero-order valence-corrected chi connectivity index (χ0v) is 17.5. The van der Waals surface area contributed by atoms with Crippen LogP contribution in [0.15, 0.2) is 43.1 Å². The second-order valence-corrected chi connectivity index (χ2v) is 8.56. The molecule has 156 valence electrons. The molecule has 4 heterocycles. The van der Waals surface area contributed by atoms with Crippen LogP contribution in [0.4, 0.5) is 11.6 Å². The number of anilines is 2. The van der Waals surface area contributed by atoms with Gasteiger partial charge >= 0.3 is 0 Å². The average molecular weight is 425 g/mol. The molecule has 3 aromatic heterocycles. The topological polar surface area (TPSA) is 84.7 Å². The second kappa shape index (κ2) is 8.55. The molecule has 1 saturated carbocycles. The molecule has 1 aliphatic heterocycles. The van der Waals surface area contributed by atoms with Crippen LogP contribution < -0.4 is 10.2 Å². The summed E-state index contributed by atoms with van der Waals surface area (Å²) in [4.78, 5) is 16.9. The Labute approximate surface area is 180 Å². The van der Waals surface area contributed by atoms with Gasteiger partial charge in [-0.05, 0) is 55.6 Å². The lowest BCUT2D eigenvalue weighted by Crippen LogP contribution is -2.35. The normalized spacial score (nSPS) is 21.6. The highest BCUT2D eigenvalue weighted by molar-refractivity contribution is 6.30. The van der Waals surface area contributed by atoms with E-state index in [4.69, 9.17) is 11.6 Å². The largest absolute Gasteiger partial charge is 0.384 e. The van der Waals surface area contributed by atoms with Crippen LogP contribution in [0.2, 0.25) is 5.02 Å². The number of pyridine rings is 1. The average Bonchev–Trinajstić information content (AvgIpc) is 3.34. The van der Waals surface area contributed by atoms with Crippen molar-refractivity contribution in [3.8, 4) is 5.82 Å². The molecule has 5 rings (SSSR count). The molecule has 1 aliphatic carbocycles. The predicted molar refractivity (Wildman–Crippen MR) is 116 cm³/mol. The van der Waals surface area contributed by atoms with E-state index in [2.05, 4.69) is 35.4 Å². The monoisotopic (exact) mass is 424 g/mol. The van der Waals surface area contributed by atoms with Crippen molar-refractivity contribution < 1.29 is 0 Å². The zero-order chi connectivity index (χ0) is 20.3. The molecule has 2 atom stereocenters. The highest BCUT2D eigenvalue weighted by atomic mass is 35.5. The summed E-state index contributed by atoms with van der Waals surface area (Å²) in [5.41, 5.74) is 1.04. The van der Waals surface area contributed by atoms with Crippen LogP contribution in [-0.2, 0) is 0 Å². The molecule has 9 heteroatoms. The zero-order valence-electron chi connectivity index (χ0n) is 16.7. The van der Waals surface area contributed by atoms with Crippen molar-refractivity contribution in [2.24, 2.45) is 17.8 Å². The van der Waals surface area contributed by atoms with Gasteiger partial charge in [0.05, 0.1) is 41.7 Å². The van der Waals surface area contributed by atoms with E-state index in [1.165, 1.54) is 30.5 Å². The first-order chi connectivity index (χ1) is 14.8. The lowest BCUT2D eigenvalue weighted by molar-refractivity contribution is 0.343. The summed E-state index contributed by atoms with van der Waals surface area (Å²) in [5.74, 6) is 4.09. The standard InChI is InChI=1S/C21H25ClN8/c22-17-12-25-21(26-13-17)29-9-4-15(5-10-29)19-11-16(19)3-6-23-18-1-2-20(24-14-18)30-27-7-8-28-30/h1-2,7-8,12-16,19,23H,3-6,9-11H2/t16-,19-/m1/s1. The molecule has 1 saturated heterocycles. The number of aromatic nitrogens is 6. The highest BCUT2D eigenvalue weighted by Crippen LogP contribution is 2.49. The summed E-state index contributed by atoms with van der Waals surface area (Å²) < 4.78 is 0. The molecule has 0 amide bonds. The van der Waals surface area contributed by atoms with Crippen molar-refractivity contribution in [3.63, 3.8) is 0 Å². The fourth-order valence-electron chi connectivity index (χ4n) is 4.52. The number of hydrogen-bond donors (Lipinski definition) is 1. The molecule has 30 heavy (non-hydrogen) atoms. The van der Waals surface area contributed by atoms with Crippen molar-refractivity contribution in [3.05, 3.63) is 48.1 Å². The smallest absolute Gasteiger partial charge is 0.225 e. The lowest BCUT2D eigenvalue weighted by atomic mass is 9.90. The number of rotatable bonds is 7. The lowest BCUT2D eigenvalue weighted by Gasteiger charge is -2.32. The van der Waals surface area contributed by atoms with Crippen molar-refractivity contribution in [2.75, 3.05) is 29.9 Å². The van der Waals surface area contributed by atoms with E-state index >= 15 is 0 Å². The molecule has 0 bridgehead atoms. The van der Waals surface area contributed by atoms with Crippen LogP contribution in [0.25, 0.3) is 5.82 Å². The Hall–Kier alpha value is -2.74. The van der Waals surface area contributed by atoms with Gasteiger partial charge in [0.2, 0.25) is 5.95 Å². The van der Waals surface area contributed by atoms with E-state index < -0.39 is 0 Å². The Bertz CT molecular complexity index is 936. The first-order valence-electron chi connectivity index (χ1n) is 10.6. The van der Waals surface area contributed by atoms with E-state index in [0.717, 1.165) is 54.8 Å². The van der Waals surface area contributed by atoms with Crippen molar-refractivity contribution >= 4 is 23.2 Å². The fourth-order valence-corrected chi connectivity index (χ4v) is 4.62. The van der Waals surface area contributed by atoms with Crippen LogP contribution >= 0.6 is 11.6 Å². The highest BCUT2D eigenvalue weighted by Gasteiger charge is 2.43. The van der Waals surface area contributed by atoms with Crippen LogP contribution in [0.1, 0.15) is 25.7 Å². The molecule has 0 spiro atoms. The molecule has 2 aliphatic rings. The van der Waals surface area contributed by atoms with Gasteiger partial charge in [0.15, 0.2) is 5.82 Å². The van der Waals surface area contributed by atoms with Gasteiger partial charge in [-0.25, -0.2) is 15.0 Å². The third kappa shape index (κ3) is 4.38. The number of nitrogens with zero attached hydrogens (tertiary/aromatic N) is 7. The van der Waals surface area contributed by atoms with Gasteiger partial charge in [0, 0.05) is 19.6 Å². The summed E-state index contributed by atoms with van der Waals surface area (Å²) in [5, 5.41) is 12.3. The molecule has 1 N–H and O–H groups in total. The molecular weight excluding hydrogens is 400 g/mol. The second-order valence-electron chi connectivity index (χ2n) is 8.12. The van der Waals surface area contributed by atoms with Crippen molar-refractivity contribution in [1.82, 2.24) is 29.9 Å². The fraction of sp³-hybridized carbons (Fsp3) is 0.476. The Morgan fingerprint density at radius 2 is 1.77 bits per heavy atom. The minimum atomic E-state index is 0.588. The Morgan fingerprint density at radius 1 is 1.00 bits per heavy atom. The van der Waals surface area contributed by atoms with Crippen LogP contribution in [0, 0.1) is 17.8 Å². The Balaban J connectivity index is 1.03. The summed E-state index contributed by atoms with van der Waals surface area (Å²) in [6.07, 6.45) is 13.5. The quantitative estimate of drug-likeness (QED) is 0.621. The predicted octanol–water partition coefficient (Wildman–Crippen LogP) is 3.46.